The van der Waals surface area contributed by atoms with Crippen molar-refractivity contribution in [1.29, 1.82) is 0 Å². The third kappa shape index (κ3) is 2.46. The van der Waals surface area contributed by atoms with Crippen LogP contribution in [0.15, 0.2) is 41.0 Å². The predicted molar refractivity (Wildman–Crippen MR) is 67.8 cm³/mol. The highest BCUT2D eigenvalue weighted by molar-refractivity contribution is 9.10. The number of hydrogen-bond donors (Lipinski definition) is 1. The molecule has 0 aliphatic rings. The molecule has 1 unspecified atom stereocenters. The average Bonchev–Trinajstić information content (AvgIpc) is 2.30. The molecule has 0 radical (unpaired) electrons. The molecule has 1 heterocycles. The summed E-state index contributed by atoms with van der Waals surface area (Å²) in [6.45, 7) is 1.88. The molecule has 3 nitrogen and oxygen atoms in total. The van der Waals surface area contributed by atoms with Crippen molar-refractivity contribution in [3.8, 4) is 11.3 Å². The molecule has 0 aliphatic heterocycles. The number of aromatic nitrogens is 2. The van der Waals surface area contributed by atoms with Gasteiger partial charge >= 0.3 is 0 Å². The Kier molecular flexibility index (Phi) is 3.31. The SMILES string of the molecule is CC(N)c1nccc(-c2ccc(Br)cc2)n1. The average molecular weight is 278 g/mol. The van der Waals surface area contributed by atoms with Gasteiger partial charge in [0.05, 0.1) is 11.7 Å². The summed E-state index contributed by atoms with van der Waals surface area (Å²) in [5.74, 6) is 0.667. The zero-order valence-electron chi connectivity index (χ0n) is 8.89. The van der Waals surface area contributed by atoms with Crippen molar-refractivity contribution >= 4 is 15.9 Å². The Morgan fingerprint density at radius 2 is 1.88 bits per heavy atom. The highest BCUT2D eigenvalue weighted by Crippen LogP contribution is 2.20. The van der Waals surface area contributed by atoms with Crippen LogP contribution in [-0.2, 0) is 0 Å². The maximum Gasteiger partial charge on any atom is 0.145 e. The van der Waals surface area contributed by atoms with Crippen LogP contribution in [0.3, 0.4) is 0 Å². The van der Waals surface area contributed by atoms with Crippen LogP contribution in [0.1, 0.15) is 18.8 Å². The van der Waals surface area contributed by atoms with Gasteiger partial charge in [0.1, 0.15) is 5.82 Å². The van der Waals surface area contributed by atoms with Gasteiger partial charge in [0, 0.05) is 16.2 Å². The second-order valence-electron chi connectivity index (χ2n) is 3.60. The van der Waals surface area contributed by atoms with E-state index in [0.717, 1.165) is 15.7 Å². The first-order chi connectivity index (χ1) is 7.66. The summed E-state index contributed by atoms with van der Waals surface area (Å²) >= 11 is 3.40. The van der Waals surface area contributed by atoms with Gasteiger partial charge in [-0.25, -0.2) is 9.97 Å². The van der Waals surface area contributed by atoms with Crippen LogP contribution in [0.2, 0.25) is 0 Å². The number of halogens is 1. The maximum absolute atomic E-state index is 5.75. The van der Waals surface area contributed by atoms with Gasteiger partial charge in [-0.05, 0) is 25.1 Å². The zero-order valence-corrected chi connectivity index (χ0v) is 10.5. The first-order valence-electron chi connectivity index (χ1n) is 5.01. The molecule has 1 aromatic carbocycles. The van der Waals surface area contributed by atoms with Crippen molar-refractivity contribution in [2.75, 3.05) is 0 Å². The second kappa shape index (κ2) is 4.72. The van der Waals surface area contributed by atoms with Crippen LogP contribution >= 0.6 is 15.9 Å². The fraction of sp³-hybridized carbons (Fsp3) is 0.167. The van der Waals surface area contributed by atoms with Gasteiger partial charge in [0.2, 0.25) is 0 Å². The molecule has 0 saturated carbocycles. The fourth-order valence-electron chi connectivity index (χ4n) is 1.37. The van der Waals surface area contributed by atoms with E-state index in [1.807, 2.05) is 37.3 Å². The van der Waals surface area contributed by atoms with Gasteiger partial charge in [0.15, 0.2) is 0 Å². The van der Waals surface area contributed by atoms with Crippen LogP contribution in [0.25, 0.3) is 11.3 Å². The van der Waals surface area contributed by atoms with E-state index in [0.29, 0.717) is 5.82 Å². The third-order valence-electron chi connectivity index (χ3n) is 2.22. The first-order valence-corrected chi connectivity index (χ1v) is 5.80. The molecule has 1 aromatic heterocycles. The molecule has 0 bridgehead atoms. The standard InChI is InChI=1S/C12H12BrN3/c1-8(14)12-15-7-6-11(16-12)9-2-4-10(13)5-3-9/h2-8H,14H2,1H3. The van der Waals surface area contributed by atoms with Crippen molar-refractivity contribution in [1.82, 2.24) is 9.97 Å². The molecule has 0 aliphatic carbocycles. The molecule has 1 atom stereocenters. The summed E-state index contributed by atoms with van der Waals surface area (Å²) < 4.78 is 1.05. The third-order valence-corrected chi connectivity index (χ3v) is 2.75. The van der Waals surface area contributed by atoms with Crippen LogP contribution < -0.4 is 5.73 Å². The Morgan fingerprint density at radius 1 is 1.19 bits per heavy atom. The summed E-state index contributed by atoms with van der Waals surface area (Å²) in [4.78, 5) is 8.56. The summed E-state index contributed by atoms with van der Waals surface area (Å²) in [5, 5.41) is 0. The molecule has 2 rings (SSSR count). The fourth-order valence-corrected chi connectivity index (χ4v) is 1.64. The van der Waals surface area contributed by atoms with Gasteiger partial charge in [-0.15, -0.1) is 0 Å². The largest absolute Gasteiger partial charge is 0.322 e. The summed E-state index contributed by atoms with van der Waals surface area (Å²) in [5.41, 5.74) is 7.71. The van der Waals surface area contributed by atoms with Gasteiger partial charge in [-0.3, -0.25) is 0 Å². The smallest absolute Gasteiger partial charge is 0.145 e. The highest BCUT2D eigenvalue weighted by Gasteiger charge is 2.05. The van der Waals surface area contributed by atoms with E-state index >= 15 is 0 Å². The van der Waals surface area contributed by atoms with Crippen LogP contribution in [-0.4, -0.2) is 9.97 Å². The molecule has 16 heavy (non-hydrogen) atoms. The monoisotopic (exact) mass is 277 g/mol. The van der Waals surface area contributed by atoms with E-state index in [1.54, 1.807) is 6.20 Å². The van der Waals surface area contributed by atoms with Gasteiger partial charge < -0.3 is 5.73 Å². The van der Waals surface area contributed by atoms with Gasteiger partial charge in [-0.1, -0.05) is 28.1 Å². The predicted octanol–water partition coefficient (Wildman–Crippen LogP) is 2.93. The van der Waals surface area contributed by atoms with E-state index in [1.165, 1.54) is 0 Å². The van der Waals surface area contributed by atoms with E-state index in [2.05, 4.69) is 25.9 Å². The Balaban J connectivity index is 2.40. The highest BCUT2D eigenvalue weighted by atomic mass is 79.9. The van der Waals surface area contributed by atoms with Gasteiger partial charge in [-0.2, -0.15) is 0 Å². The number of hydrogen-bond acceptors (Lipinski definition) is 3. The first kappa shape index (κ1) is 11.2. The molecule has 0 saturated heterocycles. The molecular formula is C12H12BrN3. The zero-order chi connectivity index (χ0) is 11.5. The van der Waals surface area contributed by atoms with E-state index in [4.69, 9.17) is 5.73 Å². The lowest BCUT2D eigenvalue weighted by Crippen LogP contribution is -2.09. The van der Waals surface area contributed by atoms with E-state index in [-0.39, 0.29) is 6.04 Å². The van der Waals surface area contributed by atoms with Crippen LogP contribution in [0.4, 0.5) is 0 Å². The Bertz CT molecular complexity index is 480. The number of nitrogens with two attached hydrogens (primary N) is 1. The molecule has 0 fully saturated rings. The topological polar surface area (TPSA) is 51.8 Å². The lowest BCUT2D eigenvalue weighted by Gasteiger charge is -2.06. The number of rotatable bonds is 2. The second-order valence-corrected chi connectivity index (χ2v) is 4.51. The Morgan fingerprint density at radius 3 is 2.50 bits per heavy atom. The minimum atomic E-state index is -0.143. The molecule has 0 amide bonds. The van der Waals surface area contributed by atoms with Crippen molar-refractivity contribution < 1.29 is 0 Å². The molecular weight excluding hydrogens is 266 g/mol. The van der Waals surface area contributed by atoms with Crippen LogP contribution in [0, 0.1) is 0 Å². The minimum absolute atomic E-state index is 0.143. The molecule has 82 valence electrons. The van der Waals surface area contributed by atoms with Crippen molar-refractivity contribution in [3.05, 3.63) is 46.8 Å². The van der Waals surface area contributed by atoms with Crippen molar-refractivity contribution in [2.45, 2.75) is 13.0 Å². The number of nitrogens with zero attached hydrogens (tertiary/aromatic N) is 2. The van der Waals surface area contributed by atoms with Crippen molar-refractivity contribution in [2.24, 2.45) is 5.73 Å². The normalized spacial score (nSPS) is 12.4. The maximum atomic E-state index is 5.75. The van der Waals surface area contributed by atoms with Crippen molar-refractivity contribution in [3.63, 3.8) is 0 Å². The quantitative estimate of drug-likeness (QED) is 0.918. The van der Waals surface area contributed by atoms with E-state index in [9.17, 15) is 0 Å². The van der Waals surface area contributed by atoms with Crippen LogP contribution in [0.5, 0.6) is 0 Å². The molecule has 4 heteroatoms. The Hall–Kier alpha value is -1.26. The molecule has 2 aromatic rings. The summed E-state index contributed by atoms with van der Waals surface area (Å²) in [6, 6.07) is 9.74. The Labute approximate surface area is 103 Å². The minimum Gasteiger partial charge on any atom is -0.322 e. The number of benzene rings is 1. The van der Waals surface area contributed by atoms with Gasteiger partial charge in [0.25, 0.3) is 0 Å². The lowest BCUT2D eigenvalue weighted by atomic mass is 10.1. The summed E-state index contributed by atoms with van der Waals surface area (Å²) in [7, 11) is 0. The summed E-state index contributed by atoms with van der Waals surface area (Å²) in [6.07, 6.45) is 1.74. The lowest BCUT2D eigenvalue weighted by molar-refractivity contribution is 0.741. The van der Waals surface area contributed by atoms with E-state index < -0.39 is 0 Å². The molecule has 2 N–H and O–H groups in total. The molecule has 0 spiro atoms.